The van der Waals surface area contributed by atoms with Crippen molar-refractivity contribution in [2.75, 3.05) is 7.11 Å². The zero-order valence-corrected chi connectivity index (χ0v) is 23.2. The largest absolute Gasteiger partial charge is 0.493 e. The smallest absolute Gasteiger partial charge is 0.293 e. The molecule has 186 valence electrons. The van der Waals surface area contributed by atoms with E-state index in [4.69, 9.17) is 44.3 Å². The molecule has 0 radical (unpaired) electrons. The topological polar surface area (TPSA) is 55.8 Å². The lowest BCUT2D eigenvalue weighted by atomic mass is 10.1. The number of rotatable bonds is 7. The second-order valence-electron chi connectivity index (χ2n) is 7.53. The van der Waals surface area contributed by atoms with Gasteiger partial charge < -0.3 is 9.47 Å². The first kappa shape index (κ1) is 26.8. The van der Waals surface area contributed by atoms with E-state index in [-0.39, 0.29) is 28.6 Å². The molecule has 1 heterocycles. The van der Waals surface area contributed by atoms with Crippen molar-refractivity contribution in [1.82, 2.24) is 4.90 Å². The van der Waals surface area contributed by atoms with Crippen LogP contribution in [0, 0.1) is 5.82 Å². The molecular weight excluding hydrogens is 616 g/mol. The summed E-state index contributed by atoms with van der Waals surface area (Å²) >= 11 is 22.5. The molecule has 0 unspecified atom stereocenters. The van der Waals surface area contributed by atoms with Crippen LogP contribution in [0.2, 0.25) is 15.1 Å². The second kappa shape index (κ2) is 11.4. The van der Waals surface area contributed by atoms with Crippen LogP contribution in [0.1, 0.15) is 16.7 Å². The molecule has 0 spiro atoms. The number of benzene rings is 3. The van der Waals surface area contributed by atoms with E-state index >= 15 is 0 Å². The number of thioether (sulfide) groups is 1. The van der Waals surface area contributed by atoms with Gasteiger partial charge in [-0.3, -0.25) is 14.5 Å². The number of hydrogen-bond acceptors (Lipinski definition) is 5. The van der Waals surface area contributed by atoms with E-state index in [1.54, 1.807) is 36.4 Å². The Morgan fingerprint density at radius 3 is 2.56 bits per heavy atom. The van der Waals surface area contributed by atoms with E-state index in [0.717, 1.165) is 22.2 Å². The van der Waals surface area contributed by atoms with Crippen molar-refractivity contribution in [2.45, 2.75) is 13.2 Å². The van der Waals surface area contributed by atoms with Crippen LogP contribution in [-0.2, 0) is 17.9 Å². The Labute approximate surface area is 234 Å². The average molecular weight is 632 g/mol. The summed E-state index contributed by atoms with van der Waals surface area (Å²) in [4.78, 5) is 26.6. The summed E-state index contributed by atoms with van der Waals surface area (Å²) in [6, 6.07) is 12.7. The summed E-state index contributed by atoms with van der Waals surface area (Å²) in [5.41, 5.74) is 1.40. The number of hydrogen-bond donors (Lipinski definition) is 0. The number of carbonyl (C=O) groups excluding carboxylic acids is 2. The molecule has 1 aliphatic rings. The fraction of sp³-hybridized carbons (Fsp3) is 0.120. The highest BCUT2D eigenvalue weighted by molar-refractivity contribution is 9.10. The van der Waals surface area contributed by atoms with E-state index in [9.17, 15) is 14.0 Å². The fourth-order valence-electron chi connectivity index (χ4n) is 3.38. The van der Waals surface area contributed by atoms with Gasteiger partial charge in [0.15, 0.2) is 11.5 Å². The Balaban J connectivity index is 1.55. The van der Waals surface area contributed by atoms with Crippen LogP contribution in [-0.4, -0.2) is 23.2 Å². The summed E-state index contributed by atoms with van der Waals surface area (Å²) in [6.07, 6.45) is 1.56. The molecule has 1 saturated heterocycles. The molecule has 0 bridgehead atoms. The Morgan fingerprint density at radius 1 is 1.08 bits per heavy atom. The third kappa shape index (κ3) is 5.84. The molecule has 0 aromatic heterocycles. The van der Waals surface area contributed by atoms with Crippen molar-refractivity contribution in [3.8, 4) is 11.5 Å². The van der Waals surface area contributed by atoms with Crippen LogP contribution >= 0.6 is 62.5 Å². The van der Waals surface area contributed by atoms with Crippen LogP contribution in [0.3, 0.4) is 0 Å². The van der Waals surface area contributed by atoms with Gasteiger partial charge in [0.25, 0.3) is 11.1 Å². The van der Waals surface area contributed by atoms with Crippen LogP contribution in [0.15, 0.2) is 57.9 Å². The minimum atomic E-state index is -0.588. The number of methoxy groups -OCH3 is 1. The first-order chi connectivity index (χ1) is 17.2. The highest BCUT2D eigenvalue weighted by Gasteiger charge is 2.36. The summed E-state index contributed by atoms with van der Waals surface area (Å²) < 4.78 is 26.2. The van der Waals surface area contributed by atoms with Crippen molar-refractivity contribution >= 4 is 79.7 Å². The quantitative estimate of drug-likeness (QED) is 0.245. The predicted molar refractivity (Wildman–Crippen MR) is 144 cm³/mol. The lowest BCUT2D eigenvalue weighted by Gasteiger charge is -2.15. The molecule has 0 saturated carbocycles. The molecule has 2 amide bonds. The van der Waals surface area contributed by atoms with Gasteiger partial charge in [-0.05, 0) is 75.7 Å². The monoisotopic (exact) mass is 629 g/mol. The Bertz CT molecular complexity index is 1380. The van der Waals surface area contributed by atoms with Gasteiger partial charge in [-0.15, -0.1) is 0 Å². The first-order valence-electron chi connectivity index (χ1n) is 10.3. The maximum atomic E-state index is 14.2. The summed E-state index contributed by atoms with van der Waals surface area (Å²) in [7, 11) is 1.49. The number of ether oxygens (including phenoxy) is 2. The Hall–Kier alpha value is -2.23. The van der Waals surface area contributed by atoms with Crippen LogP contribution in [0.25, 0.3) is 6.08 Å². The normalized spacial score (nSPS) is 14.6. The molecule has 0 aliphatic carbocycles. The van der Waals surface area contributed by atoms with Crippen molar-refractivity contribution in [1.29, 1.82) is 0 Å². The van der Waals surface area contributed by atoms with E-state index in [1.165, 1.54) is 25.3 Å². The van der Waals surface area contributed by atoms with E-state index in [0.29, 0.717) is 31.6 Å². The summed E-state index contributed by atoms with van der Waals surface area (Å²) in [5, 5.41) is 0.619. The maximum absolute atomic E-state index is 14.2. The number of carbonyl (C=O) groups is 2. The van der Waals surface area contributed by atoms with Crippen molar-refractivity contribution in [3.05, 3.63) is 95.5 Å². The van der Waals surface area contributed by atoms with Crippen LogP contribution < -0.4 is 9.47 Å². The second-order valence-corrected chi connectivity index (χ2v) is 10.6. The van der Waals surface area contributed by atoms with Gasteiger partial charge in [0, 0.05) is 26.2 Å². The molecule has 1 fully saturated rings. The van der Waals surface area contributed by atoms with E-state index in [2.05, 4.69) is 15.9 Å². The highest BCUT2D eigenvalue weighted by atomic mass is 79.9. The standard InChI is InChI=1S/C25H16BrCl3FNO4S/c1-34-21-8-13(7-17(26)23(21)35-12-14-5-6-15(27)10-19(14)29)9-22-24(32)31(25(33)36-22)11-16-18(28)3-2-4-20(16)30/h2-10H,11-12H2,1H3/b22-9+. The lowest BCUT2D eigenvalue weighted by Crippen LogP contribution is -2.28. The minimum Gasteiger partial charge on any atom is -0.493 e. The number of imide groups is 1. The van der Waals surface area contributed by atoms with Crippen LogP contribution in [0.5, 0.6) is 11.5 Å². The third-order valence-corrected chi connectivity index (χ3v) is 7.63. The molecule has 1 aliphatic heterocycles. The molecule has 11 heteroatoms. The first-order valence-corrected chi connectivity index (χ1v) is 13.0. The third-order valence-electron chi connectivity index (χ3n) is 5.19. The van der Waals surface area contributed by atoms with Crippen molar-refractivity contribution < 1.29 is 23.5 Å². The summed E-state index contributed by atoms with van der Waals surface area (Å²) in [6.45, 7) is -0.0949. The molecule has 0 atom stereocenters. The van der Waals surface area contributed by atoms with Gasteiger partial charge in [-0.25, -0.2) is 4.39 Å². The van der Waals surface area contributed by atoms with Gasteiger partial charge in [0.1, 0.15) is 12.4 Å². The fourth-order valence-corrected chi connectivity index (χ4v) is 5.48. The average Bonchev–Trinajstić information content (AvgIpc) is 3.08. The zero-order chi connectivity index (χ0) is 26.0. The maximum Gasteiger partial charge on any atom is 0.293 e. The zero-order valence-electron chi connectivity index (χ0n) is 18.5. The molecule has 0 N–H and O–H groups in total. The summed E-state index contributed by atoms with van der Waals surface area (Å²) in [5.74, 6) is -0.298. The molecule has 3 aromatic carbocycles. The molecule has 3 aromatic rings. The van der Waals surface area contributed by atoms with Gasteiger partial charge >= 0.3 is 0 Å². The lowest BCUT2D eigenvalue weighted by molar-refractivity contribution is -0.123. The molecule has 4 rings (SSSR count). The highest BCUT2D eigenvalue weighted by Crippen LogP contribution is 2.40. The predicted octanol–water partition coefficient (Wildman–Crippen LogP) is 8.37. The number of halogens is 5. The van der Waals surface area contributed by atoms with Crippen molar-refractivity contribution in [3.63, 3.8) is 0 Å². The van der Waals surface area contributed by atoms with Gasteiger partial charge in [-0.1, -0.05) is 46.9 Å². The Kier molecular flexibility index (Phi) is 8.52. The molecule has 5 nitrogen and oxygen atoms in total. The SMILES string of the molecule is COc1cc(/C=C2/SC(=O)N(Cc3c(F)cccc3Cl)C2=O)cc(Br)c1OCc1ccc(Cl)cc1Cl. The van der Waals surface area contributed by atoms with Gasteiger partial charge in [0.05, 0.1) is 23.0 Å². The van der Waals surface area contributed by atoms with Gasteiger partial charge in [0.2, 0.25) is 0 Å². The molecular formula is C25H16BrCl3FNO4S. The van der Waals surface area contributed by atoms with Crippen LogP contribution in [0.4, 0.5) is 9.18 Å². The number of nitrogens with zero attached hydrogens (tertiary/aromatic N) is 1. The van der Waals surface area contributed by atoms with E-state index in [1.807, 2.05) is 0 Å². The van der Waals surface area contributed by atoms with E-state index < -0.39 is 17.0 Å². The minimum absolute atomic E-state index is 0.0782. The number of amides is 2. The van der Waals surface area contributed by atoms with Crippen molar-refractivity contribution in [2.24, 2.45) is 0 Å². The Morgan fingerprint density at radius 2 is 1.86 bits per heavy atom. The van der Waals surface area contributed by atoms with Gasteiger partial charge in [-0.2, -0.15) is 0 Å². The molecule has 36 heavy (non-hydrogen) atoms.